The predicted octanol–water partition coefficient (Wildman–Crippen LogP) is 3.04. The van der Waals surface area contributed by atoms with Crippen LogP contribution in [0.25, 0.3) is 0 Å². The Hall–Kier alpha value is -1.30. The summed E-state index contributed by atoms with van der Waals surface area (Å²) in [5.74, 6) is 7.01. The Kier molecular flexibility index (Phi) is 5.64. The molecule has 2 unspecified atom stereocenters. The van der Waals surface area contributed by atoms with E-state index in [0.717, 1.165) is 18.0 Å². The second-order valence-corrected chi connectivity index (χ2v) is 5.89. The van der Waals surface area contributed by atoms with Gasteiger partial charge in [-0.15, -0.1) is 0 Å². The van der Waals surface area contributed by atoms with E-state index in [9.17, 15) is 0 Å². The van der Waals surface area contributed by atoms with E-state index in [4.69, 9.17) is 5.11 Å². The van der Waals surface area contributed by atoms with Crippen LogP contribution in [0.4, 0.5) is 0 Å². The third-order valence-corrected chi connectivity index (χ3v) is 4.10. The van der Waals surface area contributed by atoms with Gasteiger partial charge < -0.3 is 5.11 Å². The molecule has 2 nitrogen and oxygen atoms in total. The molecule has 0 radical (unpaired) electrons. The van der Waals surface area contributed by atoms with Crippen molar-refractivity contribution < 1.29 is 5.11 Å². The fraction of sp³-hybridized carbons (Fsp3) is 0.556. The topological polar surface area (TPSA) is 23.5 Å². The summed E-state index contributed by atoms with van der Waals surface area (Å²) in [5.41, 5.74) is 2.41. The minimum absolute atomic E-state index is 0.135. The zero-order chi connectivity index (χ0) is 14.4. The van der Waals surface area contributed by atoms with E-state index in [-0.39, 0.29) is 6.61 Å². The van der Waals surface area contributed by atoms with Gasteiger partial charge in [-0.2, -0.15) is 0 Å². The number of hydrogen-bond acceptors (Lipinski definition) is 2. The van der Waals surface area contributed by atoms with Crippen LogP contribution in [0, 0.1) is 17.8 Å². The highest BCUT2D eigenvalue weighted by Crippen LogP contribution is 2.24. The van der Waals surface area contributed by atoms with Crippen LogP contribution in [0.3, 0.4) is 0 Å². The molecule has 0 aliphatic carbocycles. The van der Waals surface area contributed by atoms with Gasteiger partial charge in [0.1, 0.15) is 0 Å². The molecular weight excluding hydrogens is 246 g/mol. The Balaban J connectivity index is 2.10. The zero-order valence-corrected chi connectivity index (χ0v) is 12.6. The van der Waals surface area contributed by atoms with Gasteiger partial charge in [0.05, 0.1) is 6.61 Å². The minimum atomic E-state index is 0.135. The van der Waals surface area contributed by atoms with Crippen LogP contribution in [-0.2, 0) is 6.54 Å². The van der Waals surface area contributed by atoms with Gasteiger partial charge >= 0.3 is 0 Å². The molecule has 1 aromatic carbocycles. The van der Waals surface area contributed by atoms with Gasteiger partial charge in [-0.3, -0.25) is 4.90 Å². The number of hydrogen-bond donors (Lipinski definition) is 1. The van der Waals surface area contributed by atoms with Crippen molar-refractivity contribution >= 4 is 0 Å². The Labute approximate surface area is 122 Å². The van der Waals surface area contributed by atoms with Gasteiger partial charge in [-0.25, -0.2) is 0 Å². The van der Waals surface area contributed by atoms with Crippen molar-refractivity contribution in [1.82, 2.24) is 4.90 Å². The van der Waals surface area contributed by atoms with Crippen molar-refractivity contribution in [3.05, 3.63) is 35.4 Å². The average molecular weight is 271 g/mol. The van der Waals surface area contributed by atoms with E-state index >= 15 is 0 Å². The van der Waals surface area contributed by atoms with Gasteiger partial charge in [0.2, 0.25) is 0 Å². The number of aliphatic hydroxyl groups is 1. The number of likely N-dealkylation sites (tertiary alicyclic amines) is 1. The maximum Gasteiger partial charge on any atom is 0.0540 e. The van der Waals surface area contributed by atoms with Crippen LogP contribution >= 0.6 is 0 Å². The normalized spacial score (nSPS) is 23.1. The highest BCUT2D eigenvalue weighted by molar-refractivity contribution is 5.41. The summed E-state index contributed by atoms with van der Waals surface area (Å²) in [4.78, 5) is 2.57. The smallest absolute Gasteiger partial charge is 0.0540 e. The molecule has 108 valence electrons. The summed E-state index contributed by atoms with van der Waals surface area (Å²) < 4.78 is 0. The fourth-order valence-electron chi connectivity index (χ4n) is 2.81. The van der Waals surface area contributed by atoms with Crippen molar-refractivity contribution in [1.29, 1.82) is 0 Å². The Morgan fingerprint density at radius 1 is 1.25 bits per heavy atom. The summed E-state index contributed by atoms with van der Waals surface area (Å²) in [6.45, 7) is 6.96. The number of nitrogens with zero attached hydrogens (tertiary/aromatic N) is 1. The van der Waals surface area contributed by atoms with E-state index < -0.39 is 0 Å². The molecule has 1 aromatic rings. The van der Waals surface area contributed by atoms with Crippen LogP contribution in [0.2, 0.25) is 0 Å². The predicted molar refractivity (Wildman–Crippen MR) is 83.3 cm³/mol. The second-order valence-electron chi connectivity index (χ2n) is 5.89. The van der Waals surface area contributed by atoms with Gasteiger partial charge in [0.25, 0.3) is 0 Å². The number of piperidine rings is 1. The summed E-state index contributed by atoms with van der Waals surface area (Å²) in [7, 11) is 0. The van der Waals surface area contributed by atoms with Gasteiger partial charge in [0.15, 0.2) is 0 Å². The largest absolute Gasteiger partial charge is 0.395 e. The maximum absolute atomic E-state index is 8.83. The first-order valence-corrected chi connectivity index (χ1v) is 7.62. The first kappa shape index (κ1) is 15.1. The maximum atomic E-state index is 8.83. The summed E-state index contributed by atoms with van der Waals surface area (Å²) in [5, 5.41) is 8.83. The Bertz CT molecular complexity index is 486. The molecule has 1 aliphatic heterocycles. The van der Waals surface area contributed by atoms with Crippen molar-refractivity contribution in [3.8, 4) is 11.8 Å². The molecule has 0 saturated carbocycles. The molecule has 2 rings (SSSR count). The molecule has 20 heavy (non-hydrogen) atoms. The highest BCUT2D eigenvalue weighted by Gasteiger charge is 2.23. The van der Waals surface area contributed by atoms with E-state index in [1.54, 1.807) is 0 Å². The molecule has 1 aliphatic rings. The van der Waals surface area contributed by atoms with Crippen LogP contribution in [0.15, 0.2) is 24.3 Å². The lowest BCUT2D eigenvalue weighted by molar-refractivity contribution is 0.117. The van der Waals surface area contributed by atoms with Crippen LogP contribution in [0.1, 0.15) is 44.2 Å². The summed E-state index contributed by atoms with van der Waals surface area (Å²) in [6.07, 6.45) is 3.18. The van der Waals surface area contributed by atoms with Crippen molar-refractivity contribution in [2.24, 2.45) is 5.92 Å². The lowest BCUT2D eigenvalue weighted by atomic mass is 9.94. The monoisotopic (exact) mass is 271 g/mol. The van der Waals surface area contributed by atoms with Crippen molar-refractivity contribution in [3.63, 3.8) is 0 Å². The van der Waals surface area contributed by atoms with E-state index in [2.05, 4.69) is 48.8 Å². The number of aliphatic hydroxyl groups excluding tert-OH is 1. The average Bonchev–Trinajstić information content (AvgIpc) is 2.45. The lowest BCUT2D eigenvalue weighted by Crippen LogP contribution is -2.40. The third-order valence-electron chi connectivity index (χ3n) is 4.10. The lowest BCUT2D eigenvalue weighted by Gasteiger charge is -2.37. The highest BCUT2D eigenvalue weighted by atomic mass is 16.2. The number of rotatable bonds is 3. The first-order valence-electron chi connectivity index (χ1n) is 7.62. The molecule has 0 spiro atoms. The molecule has 0 amide bonds. The molecular formula is C18H25NO. The molecule has 0 aromatic heterocycles. The third kappa shape index (κ3) is 4.10. The summed E-state index contributed by atoms with van der Waals surface area (Å²) in [6, 6.07) is 9.04. The van der Waals surface area contributed by atoms with E-state index in [1.807, 2.05) is 6.07 Å². The van der Waals surface area contributed by atoms with E-state index in [1.165, 1.54) is 24.9 Å². The quantitative estimate of drug-likeness (QED) is 0.854. The van der Waals surface area contributed by atoms with E-state index in [0.29, 0.717) is 12.5 Å². The fourth-order valence-corrected chi connectivity index (χ4v) is 2.81. The molecule has 1 heterocycles. The van der Waals surface area contributed by atoms with Crippen molar-refractivity contribution in [2.45, 2.75) is 45.7 Å². The first-order chi connectivity index (χ1) is 9.70. The van der Waals surface area contributed by atoms with Gasteiger partial charge in [0, 0.05) is 31.1 Å². The standard InChI is InChI=1S/C18H25NO/c1-15-10-11-16(2)19(13-15)14-18-9-4-3-7-17(18)8-5-6-12-20/h3-4,7,9,15-16,20H,6,10-14H2,1-2H3. The molecule has 2 heteroatoms. The Morgan fingerprint density at radius 3 is 2.85 bits per heavy atom. The SMILES string of the molecule is CC1CCC(C)N(Cc2ccccc2C#CCCO)C1. The summed E-state index contributed by atoms with van der Waals surface area (Å²) >= 11 is 0. The van der Waals surface area contributed by atoms with Crippen LogP contribution < -0.4 is 0 Å². The second kappa shape index (κ2) is 7.47. The molecule has 1 fully saturated rings. The molecule has 0 bridgehead atoms. The zero-order valence-electron chi connectivity index (χ0n) is 12.6. The van der Waals surface area contributed by atoms with Gasteiger partial charge in [-0.1, -0.05) is 37.0 Å². The minimum Gasteiger partial charge on any atom is -0.395 e. The van der Waals surface area contributed by atoms with Crippen LogP contribution in [-0.4, -0.2) is 29.2 Å². The number of benzene rings is 1. The Morgan fingerprint density at radius 2 is 2.05 bits per heavy atom. The molecule has 1 N–H and O–H groups in total. The molecule has 1 saturated heterocycles. The van der Waals surface area contributed by atoms with Crippen molar-refractivity contribution in [2.75, 3.05) is 13.2 Å². The van der Waals surface area contributed by atoms with Crippen LogP contribution in [0.5, 0.6) is 0 Å². The molecule has 2 atom stereocenters. The van der Waals surface area contributed by atoms with Gasteiger partial charge in [-0.05, 0) is 37.3 Å².